The van der Waals surface area contributed by atoms with Crippen molar-refractivity contribution in [2.75, 3.05) is 0 Å². The fourth-order valence-corrected chi connectivity index (χ4v) is 2.81. The van der Waals surface area contributed by atoms with Crippen LogP contribution in [0.4, 0.5) is 0 Å². The van der Waals surface area contributed by atoms with Crippen LogP contribution in [0.25, 0.3) is 11.6 Å². The SMILES string of the molecule is Cc1cc(C)c(C(=O)/C=C/c2nc(C)n3ccccc23)cc1C. The van der Waals surface area contributed by atoms with Crippen molar-refractivity contribution in [2.24, 2.45) is 0 Å². The van der Waals surface area contributed by atoms with Crippen molar-refractivity contribution in [1.82, 2.24) is 9.38 Å². The van der Waals surface area contributed by atoms with Crippen molar-refractivity contribution in [3.05, 3.63) is 76.4 Å². The van der Waals surface area contributed by atoms with Gasteiger partial charge < -0.3 is 4.40 Å². The summed E-state index contributed by atoms with van der Waals surface area (Å²) in [5.74, 6) is 0.926. The third kappa shape index (κ3) is 2.82. The number of hydrogen-bond acceptors (Lipinski definition) is 2. The molecule has 0 unspecified atom stereocenters. The van der Waals surface area contributed by atoms with Crippen LogP contribution in [-0.4, -0.2) is 15.2 Å². The van der Waals surface area contributed by atoms with E-state index in [-0.39, 0.29) is 5.78 Å². The number of aromatic nitrogens is 2. The van der Waals surface area contributed by atoms with Gasteiger partial charge in [0.25, 0.3) is 0 Å². The number of fused-ring (bicyclic) bond motifs is 1. The van der Waals surface area contributed by atoms with Crippen LogP contribution in [0.3, 0.4) is 0 Å². The number of ketones is 1. The van der Waals surface area contributed by atoms with Gasteiger partial charge in [-0.05, 0) is 74.7 Å². The highest BCUT2D eigenvalue weighted by Gasteiger charge is 2.09. The molecule has 0 saturated heterocycles. The van der Waals surface area contributed by atoms with E-state index in [1.54, 1.807) is 12.2 Å². The van der Waals surface area contributed by atoms with Crippen LogP contribution in [0.1, 0.15) is 38.6 Å². The Bertz CT molecular complexity index is 932. The molecule has 0 aliphatic heterocycles. The molecule has 0 radical (unpaired) electrons. The minimum absolute atomic E-state index is 0.0142. The lowest BCUT2D eigenvalue weighted by Crippen LogP contribution is -2.00. The molecule has 2 heterocycles. The zero-order chi connectivity index (χ0) is 16.6. The van der Waals surface area contributed by atoms with Crippen LogP contribution in [0, 0.1) is 27.7 Å². The second-order valence-electron chi connectivity index (χ2n) is 5.95. The highest BCUT2D eigenvalue weighted by molar-refractivity contribution is 6.08. The van der Waals surface area contributed by atoms with Crippen LogP contribution in [0.5, 0.6) is 0 Å². The number of pyridine rings is 1. The average Bonchev–Trinajstić information content (AvgIpc) is 2.85. The highest BCUT2D eigenvalue weighted by Crippen LogP contribution is 2.18. The molecule has 0 spiro atoms. The van der Waals surface area contributed by atoms with Gasteiger partial charge >= 0.3 is 0 Å². The van der Waals surface area contributed by atoms with Gasteiger partial charge in [0.1, 0.15) is 5.82 Å². The highest BCUT2D eigenvalue weighted by atomic mass is 16.1. The molecule has 0 amide bonds. The first-order valence-corrected chi connectivity index (χ1v) is 7.71. The number of carbonyl (C=O) groups is 1. The summed E-state index contributed by atoms with van der Waals surface area (Å²) in [6, 6.07) is 9.98. The second-order valence-corrected chi connectivity index (χ2v) is 5.95. The summed E-state index contributed by atoms with van der Waals surface area (Å²) in [5, 5.41) is 0. The van der Waals surface area contributed by atoms with Gasteiger partial charge in [0.15, 0.2) is 5.78 Å². The van der Waals surface area contributed by atoms with Crippen molar-refractivity contribution >= 4 is 17.4 Å². The molecule has 3 heteroatoms. The Morgan fingerprint density at radius 2 is 1.78 bits per heavy atom. The molecule has 3 rings (SSSR count). The number of benzene rings is 1. The molecule has 116 valence electrons. The topological polar surface area (TPSA) is 34.4 Å². The summed E-state index contributed by atoms with van der Waals surface area (Å²) in [6.45, 7) is 8.03. The fourth-order valence-electron chi connectivity index (χ4n) is 2.81. The summed E-state index contributed by atoms with van der Waals surface area (Å²) < 4.78 is 2.02. The standard InChI is InChI=1S/C20H20N2O/c1-13-11-15(3)17(12-14(13)2)20(23)9-8-18-19-7-5-6-10-22(19)16(4)21-18/h5-12H,1-4H3/b9-8+. The molecule has 3 aromatic rings. The number of imidazole rings is 1. The Morgan fingerprint density at radius 3 is 2.57 bits per heavy atom. The maximum atomic E-state index is 12.5. The maximum Gasteiger partial charge on any atom is 0.186 e. The van der Waals surface area contributed by atoms with E-state index in [1.165, 1.54) is 5.56 Å². The predicted molar refractivity (Wildman–Crippen MR) is 93.9 cm³/mol. The third-order valence-corrected chi connectivity index (χ3v) is 4.25. The Kier molecular flexibility index (Phi) is 3.87. The van der Waals surface area contributed by atoms with Gasteiger partial charge in [0, 0.05) is 11.8 Å². The van der Waals surface area contributed by atoms with Crippen LogP contribution < -0.4 is 0 Å². The van der Waals surface area contributed by atoms with Crippen molar-refractivity contribution in [1.29, 1.82) is 0 Å². The summed E-state index contributed by atoms with van der Waals surface area (Å²) in [6.07, 6.45) is 5.40. The van der Waals surface area contributed by atoms with Crippen LogP contribution >= 0.6 is 0 Å². The Morgan fingerprint density at radius 1 is 1.04 bits per heavy atom. The number of allylic oxidation sites excluding steroid dienone is 1. The molecule has 0 aliphatic rings. The molecule has 0 aliphatic carbocycles. The lowest BCUT2D eigenvalue weighted by molar-refractivity contribution is 0.104. The number of carbonyl (C=O) groups excluding carboxylic acids is 1. The molecule has 0 saturated carbocycles. The zero-order valence-corrected chi connectivity index (χ0v) is 13.9. The minimum atomic E-state index is 0.0142. The number of hydrogen-bond donors (Lipinski definition) is 0. The van der Waals surface area contributed by atoms with Gasteiger partial charge in [-0.3, -0.25) is 4.79 Å². The van der Waals surface area contributed by atoms with E-state index in [0.717, 1.165) is 33.7 Å². The van der Waals surface area contributed by atoms with Gasteiger partial charge in [-0.2, -0.15) is 0 Å². The fraction of sp³-hybridized carbons (Fsp3) is 0.200. The number of rotatable bonds is 3. The monoisotopic (exact) mass is 304 g/mol. The van der Waals surface area contributed by atoms with Gasteiger partial charge in [-0.1, -0.05) is 12.1 Å². The van der Waals surface area contributed by atoms with E-state index in [4.69, 9.17) is 0 Å². The smallest absolute Gasteiger partial charge is 0.186 e. The summed E-state index contributed by atoms with van der Waals surface area (Å²) in [5.41, 5.74) is 5.93. The quantitative estimate of drug-likeness (QED) is 0.529. The molecule has 1 aromatic carbocycles. The van der Waals surface area contributed by atoms with E-state index < -0.39 is 0 Å². The van der Waals surface area contributed by atoms with E-state index in [9.17, 15) is 4.79 Å². The molecule has 0 atom stereocenters. The maximum absolute atomic E-state index is 12.5. The van der Waals surface area contributed by atoms with Crippen molar-refractivity contribution in [3.63, 3.8) is 0 Å². The molecule has 0 N–H and O–H groups in total. The Hall–Kier alpha value is -2.68. The molecule has 0 bridgehead atoms. The first-order valence-electron chi connectivity index (χ1n) is 7.71. The van der Waals surface area contributed by atoms with Crippen molar-refractivity contribution in [2.45, 2.75) is 27.7 Å². The van der Waals surface area contributed by atoms with Crippen LogP contribution in [0.15, 0.2) is 42.6 Å². The van der Waals surface area contributed by atoms with Crippen molar-refractivity contribution < 1.29 is 4.79 Å². The lowest BCUT2D eigenvalue weighted by Gasteiger charge is -2.06. The first kappa shape index (κ1) is 15.2. The molecular formula is C20H20N2O. The number of nitrogens with zero attached hydrogens (tertiary/aromatic N) is 2. The van der Waals surface area contributed by atoms with Crippen molar-refractivity contribution in [3.8, 4) is 0 Å². The van der Waals surface area contributed by atoms with E-state index in [2.05, 4.69) is 18.0 Å². The minimum Gasteiger partial charge on any atom is -0.303 e. The first-order chi connectivity index (χ1) is 11.0. The van der Waals surface area contributed by atoms with Gasteiger partial charge in [-0.25, -0.2) is 4.98 Å². The summed E-state index contributed by atoms with van der Waals surface area (Å²) in [7, 11) is 0. The molecule has 3 nitrogen and oxygen atoms in total. The van der Waals surface area contributed by atoms with E-state index in [0.29, 0.717) is 0 Å². The van der Waals surface area contributed by atoms with E-state index >= 15 is 0 Å². The molecule has 23 heavy (non-hydrogen) atoms. The van der Waals surface area contributed by atoms with Gasteiger partial charge in [0.2, 0.25) is 0 Å². The normalized spacial score (nSPS) is 11.5. The molecule has 2 aromatic heterocycles. The summed E-state index contributed by atoms with van der Waals surface area (Å²) in [4.78, 5) is 17.1. The largest absolute Gasteiger partial charge is 0.303 e. The number of aryl methyl sites for hydroxylation is 4. The lowest BCUT2D eigenvalue weighted by atomic mass is 9.98. The third-order valence-electron chi connectivity index (χ3n) is 4.25. The molecule has 0 fully saturated rings. The second kappa shape index (κ2) is 5.84. The van der Waals surface area contributed by atoms with Crippen LogP contribution in [-0.2, 0) is 0 Å². The average molecular weight is 304 g/mol. The predicted octanol–water partition coefficient (Wildman–Crippen LogP) is 4.46. The van der Waals surface area contributed by atoms with Gasteiger partial charge in [-0.15, -0.1) is 0 Å². The molecular weight excluding hydrogens is 284 g/mol. The zero-order valence-electron chi connectivity index (χ0n) is 13.9. The van der Waals surface area contributed by atoms with Crippen LogP contribution in [0.2, 0.25) is 0 Å². The Labute approximate surface area is 136 Å². The summed E-state index contributed by atoms with van der Waals surface area (Å²) >= 11 is 0. The van der Waals surface area contributed by atoms with Gasteiger partial charge in [0.05, 0.1) is 11.2 Å². The Balaban J connectivity index is 1.96. The van der Waals surface area contributed by atoms with E-state index in [1.807, 2.05) is 55.6 Å².